The summed E-state index contributed by atoms with van der Waals surface area (Å²) in [5.41, 5.74) is 1.94. The molecule has 1 N–H and O–H groups in total. The fraction of sp³-hybridized carbons (Fsp3) is 0.800. The Morgan fingerprint density at radius 2 is 1.80 bits per heavy atom. The number of amides is 1. The number of hydrogen-bond donors (Lipinski definition) is 1. The molecule has 0 rings (SSSR count). The molecule has 0 saturated heterocycles. The van der Waals surface area contributed by atoms with Gasteiger partial charge in [0.1, 0.15) is 0 Å². The maximum Gasteiger partial charge on any atom is 0.440 e. The van der Waals surface area contributed by atoms with E-state index in [1.807, 2.05) is 19.3 Å². The van der Waals surface area contributed by atoms with Gasteiger partial charge in [0.2, 0.25) is 0 Å². The van der Waals surface area contributed by atoms with Gasteiger partial charge in [-0.25, -0.2) is 9.59 Å². The molecule has 1 amide bonds. The third-order valence-electron chi connectivity index (χ3n) is 1.71. The molecule has 15 heavy (non-hydrogen) atoms. The molecular weight excluding hydrogens is 198 g/mol. The molecule has 0 aromatic rings. The molecule has 0 bridgehead atoms. The van der Waals surface area contributed by atoms with Gasteiger partial charge >= 0.3 is 12.1 Å². The van der Waals surface area contributed by atoms with Gasteiger partial charge in [-0.2, -0.15) is 0 Å². The summed E-state index contributed by atoms with van der Waals surface area (Å²) in [5, 5.41) is 0. The molecule has 88 valence electrons. The zero-order valence-electron chi connectivity index (χ0n) is 9.38. The first kappa shape index (κ1) is 13.7. The number of ether oxygens (including phenoxy) is 1. The molecular formula is C10H19NO4. The predicted octanol–water partition coefficient (Wildman–Crippen LogP) is 2.16. The van der Waals surface area contributed by atoms with Crippen LogP contribution in [-0.4, -0.2) is 18.7 Å². The van der Waals surface area contributed by atoms with Crippen molar-refractivity contribution < 1.29 is 19.2 Å². The average Bonchev–Trinajstić information content (AvgIpc) is 2.24. The number of carbonyl (C=O) groups excluding carboxylic acids is 2. The molecule has 5 heteroatoms. The lowest BCUT2D eigenvalue weighted by molar-refractivity contribution is -0.149. The smallest absolute Gasteiger partial charge is 0.440 e. The van der Waals surface area contributed by atoms with E-state index < -0.39 is 12.1 Å². The number of hydrogen-bond acceptors (Lipinski definition) is 4. The lowest BCUT2D eigenvalue weighted by atomic mass is 10.3. The summed E-state index contributed by atoms with van der Waals surface area (Å²) in [6.45, 7) is 4.31. The molecule has 0 atom stereocenters. The Balaban J connectivity index is 3.40. The van der Waals surface area contributed by atoms with E-state index in [9.17, 15) is 9.59 Å². The Morgan fingerprint density at radius 3 is 2.40 bits per heavy atom. The molecule has 0 aromatic carbocycles. The summed E-state index contributed by atoms with van der Waals surface area (Å²) < 4.78 is 4.71. The van der Waals surface area contributed by atoms with E-state index in [1.165, 1.54) is 0 Å². The molecule has 0 heterocycles. The molecule has 0 aliphatic heterocycles. The first-order valence-electron chi connectivity index (χ1n) is 5.33. The Hall–Kier alpha value is -1.26. The SMILES string of the molecule is CCCCOC(=O)NOC(=O)CCCC. The van der Waals surface area contributed by atoms with Crippen molar-refractivity contribution in [3.63, 3.8) is 0 Å². The van der Waals surface area contributed by atoms with Crippen LogP contribution in [0.25, 0.3) is 0 Å². The number of rotatable bonds is 6. The zero-order chi connectivity index (χ0) is 11.5. The van der Waals surface area contributed by atoms with Crippen LogP contribution < -0.4 is 5.48 Å². The fourth-order valence-corrected chi connectivity index (χ4v) is 0.809. The average molecular weight is 217 g/mol. The van der Waals surface area contributed by atoms with Crippen LogP contribution in [-0.2, 0) is 14.4 Å². The maximum atomic E-state index is 10.9. The zero-order valence-corrected chi connectivity index (χ0v) is 9.38. The van der Waals surface area contributed by atoms with E-state index in [1.54, 1.807) is 0 Å². The van der Waals surface area contributed by atoms with Crippen LogP contribution in [0.1, 0.15) is 46.0 Å². The molecule has 0 unspecified atom stereocenters. The van der Waals surface area contributed by atoms with Crippen LogP contribution in [0, 0.1) is 0 Å². The van der Waals surface area contributed by atoms with E-state index in [4.69, 9.17) is 4.74 Å². The third kappa shape index (κ3) is 9.05. The summed E-state index contributed by atoms with van der Waals surface area (Å²) in [5.74, 6) is -0.440. The minimum absolute atomic E-state index is 0.311. The summed E-state index contributed by atoms with van der Waals surface area (Å²) in [6, 6.07) is 0. The van der Waals surface area contributed by atoms with Gasteiger partial charge in [0, 0.05) is 6.42 Å². The van der Waals surface area contributed by atoms with Crippen molar-refractivity contribution >= 4 is 12.1 Å². The number of nitrogens with one attached hydrogen (secondary N) is 1. The van der Waals surface area contributed by atoms with Gasteiger partial charge in [-0.3, -0.25) is 0 Å². The van der Waals surface area contributed by atoms with Crippen LogP contribution >= 0.6 is 0 Å². The van der Waals surface area contributed by atoms with Crippen molar-refractivity contribution in [2.75, 3.05) is 6.61 Å². The largest absolute Gasteiger partial charge is 0.447 e. The van der Waals surface area contributed by atoms with Crippen LogP contribution in [0.5, 0.6) is 0 Å². The van der Waals surface area contributed by atoms with Gasteiger partial charge in [0.15, 0.2) is 0 Å². The minimum atomic E-state index is -0.715. The van der Waals surface area contributed by atoms with Crippen LogP contribution in [0.3, 0.4) is 0 Å². The lowest BCUT2D eigenvalue weighted by Gasteiger charge is -2.05. The van der Waals surface area contributed by atoms with Gasteiger partial charge in [-0.1, -0.05) is 26.7 Å². The topological polar surface area (TPSA) is 64.6 Å². The fourth-order valence-electron chi connectivity index (χ4n) is 0.809. The van der Waals surface area contributed by atoms with Gasteiger partial charge < -0.3 is 9.57 Å². The number of hydroxylamine groups is 1. The van der Waals surface area contributed by atoms with Gasteiger partial charge in [-0.15, -0.1) is 5.48 Å². The molecule has 0 spiro atoms. The van der Waals surface area contributed by atoms with Crippen molar-refractivity contribution in [1.82, 2.24) is 5.48 Å². The quantitative estimate of drug-likeness (QED) is 0.547. The van der Waals surface area contributed by atoms with E-state index in [0.29, 0.717) is 13.0 Å². The summed E-state index contributed by atoms with van der Waals surface area (Å²) >= 11 is 0. The van der Waals surface area contributed by atoms with Crippen LogP contribution in [0.4, 0.5) is 4.79 Å². The predicted molar refractivity (Wildman–Crippen MR) is 55.0 cm³/mol. The van der Waals surface area contributed by atoms with Crippen molar-refractivity contribution in [3.8, 4) is 0 Å². The lowest BCUT2D eigenvalue weighted by Crippen LogP contribution is -2.27. The highest BCUT2D eigenvalue weighted by molar-refractivity contribution is 5.72. The number of unbranched alkanes of at least 4 members (excludes halogenated alkanes) is 2. The second-order valence-corrected chi connectivity index (χ2v) is 3.17. The van der Waals surface area contributed by atoms with Crippen LogP contribution in [0.2, 0.25) is 0 Å². The molecule has 0 saturated carbocycles. The van der Waals surface area contributed by atoms with Gasteiger partial charge in [0.05, 0.1) is 6.61 Å². The first-order chi connectivity index (χ1) is 7.20. The van der Waals surface area contributed by atoms with E-state index in [2.05, 4.69) is 4.84 Å². The summed E-state index contributed by atoms with van der Waals surface area (Å²) in [6.07, 6.45) is 3.02. The Bertz CT molecular complexity index is 194. The standard InChI is InChI=1S/C10H19NO4/c1-3-5-7-9(12)15-11-10(13)14-8-6-4-2/h3-8H2,1-2H3,(H,11,13). The maximum absolute atomic E-state index is 10.9. The molecule has 0 fully saturated rings. The summed E-state index contributed by atoms with van der Waals surface area (Å²) in [4.78, 5) is 26.3. The van der Waals surface area contributed by atoms with Crippen LogP contribution in [0.15, 0.2) is 0 Å². The first-order valence-corrected chi connectivity index (χ1v) is 5.33. The third-order valence-corrected chi connectivity index (χ3v) is 1.71. The normalized spacial score (nSPS) is 9.47. The van der Waals surface area contributed by atoms with Crippen molar-refractivity contribution in [3.05, 3.63) is 0 Å². The number of carbonyl (C=O) groups is 2. The second-order valence-electron chi connectivity index (χ2n) is 3.17. The molecule has 5 nitrogen and oxygen atoms in total. The highest BCUT2D eigenvalue weighted by Crippen LogP contribution is 1.95. The summed E-state index contributed by atoms with van der Waals surface area (Å²) in [7, 11) is 0. The van der Waals surface area contributed by atoms with Crippen molar-refractivity contribution in [2.24, 2.45) is 0 Å². The van der Waals surface area contributed by atoms with E-state index in [0.717, 1.165) is 25.7 Å². The Labute approximate surface area is 90.1 Å². The monoisotopic (exact) mass is 217 g/mol. The molecule has 0 aliphatic rings. The highest BCUT2D eigenvalue weighted by atomic mass is 16.7. The molecule has 0 aromatic heterocycles. The van der Waals surface area contributed by atoms with Crippen molar-refractivity contribution in [2.45, 2.75) is 46.0 Å². The van der Waals surface area contributed by atoms with Gasteiger partial charge in [0.25, 0.3) is 0 Å². The highest BCUT2D eigenvalue weighted by Gasteiger charge is 2.06. The Kier molecular flexibility index (Phi) is 8.52. The second kappa shape index (κ2) is 9.30. The molecule has 0 radical (unpaired) electrons. The van der Waals surface area contributed by atoms with E-state index >= 15 is 0 Å². The van der Waals surface area contributed by atoms with Gasteiger partial charge in [-0.05, 0) is 12.8 Å². The van der Waals surface area contributed by atoms with E-state index in [-0.39, 0.29) is 0 Å². The molecule has 0 aliphatic carbocycles. The van der Waals surface area contributed by atoms with Crippen molar-refractivity contribution in [1.29, 1.82) is 0 Å². The Morgan fingerprint density at radius 1 is 1.13 bits per heavy atom. The minimum Gasteiger partial charge on any atom is -0.447 e.